The van der Waals surface area contributed by atoms with Crippen molar-refractivity contribution in [2.75, 3.05) is 5.32 Å². The molecule has 6 nitrogen and oxygen atoms in total. The number of amides is 2. The zero-order chi connectivity index (χ0) is 15.1. The van der Waals surface area contributed by atoms with Gasteiger partial charge in [-0.3, -0.25) is 14.4 Å². The highest BCUT2D eigenvalue weighted by molar-refractivity contribution is 7.14. The van der Waals surface area contributed by atoms with Crippen molar-refractivity contribution in [3.05, 3.63) is 17.0 Å². The molecule has 21 heavy (non-hydrogen) atoms. The Balaban J connectivity index is 1.80. The lowest BCUT2D eigenvalue weighted by molar-refractivity contribution is -0.148. The number of primary amides is 1. The Morgan fingerprint density at radius 3 is 2.52 bits per heavy atom. The van der Waals surface area contributed by atoms with Crippen LogP contribution in [0.25, 0.3) is 0 Å². The highest BCUT2D eigenvalue weighted by Crippen LogP contribution is 2.52. The van der Waals surface area contributed by atoms with Gasteiger partial charge in [-0.2, -0.15) is 0 Å². The highest BCUT2D eigenvalue weighted by Gasteiger charge is 2.54. The molecule has 1 aromatic heterocycles. The van der Waals surface area contributed by atoms with Gasteiger partial charge in [0.2, 0.25) is 5.91 Å². The summed E-state index contributed by atoms with van der Waals surface area (Å²) in [6, 6.07) is 1.55. The molecule has 2 aliphatic rings. The molecule has 2 aliphatic carbocycles. The largest absolute Gasteiger partial charge is 0.481 e. The average Bonchev–Trinajstić information content (AvgIpc) is 3.11. The molecule has 0 aromatic carbocycles. The number of aliphatic carboxylic acids is 1. The molecule has 0 unspecified atom stereocenters. The first-order valence-corrected chi connectivity index (χ1v) is 7.78. The van der Waals surface area contributed by atoms with E-state index >= 15 is 0 Å². The molecule has 4 N–H and O–H groups in total. The van der Waals surface area contributed by atoms with Crippen LogP contribution in [-0.2, 0) is 9.59 Å². The second-order valence-electron chi connectivity index (χ2n) is 5.74. The van der Waals surface area contributed by atoms with Gasteiger partial charge in [0.25, 0.3) is 5.91 Å². The van der Waals surface area contributed by atoms with Crippen molar-refractivity contribution in [2.45, 2.75) is 19.3 Å². The topological polar surface area (TPSA) is 109 Å². The van der Waals surface area contributed by atoms with Gasteiger partial charge < -0.3 is 16.2 Å². The first-order chi connectivity index (χ1) is 9.99. The quantitative estimate of drug-likeness (QED) is 0.783. The first kappa shape index (κ1) is 14.1. The molecule has 3 rings (SSSR count). The third kappa shape index (κ3) is 2.31. The first-order valence-electron chi connectivity index (χ1n) is 6.90. The molecule has 1 aromatic rings. The zero-order valence-electron chi connectivity index (χ0n) is 11.2. The maximum atomic E-state index is 12.5. The van der Waals surface area contributed by atoms with Crippen LogP contribution in [-0.4, -0.2) is 22.9 Å². The number of hydrogen-bond donors (Lipinski definition) is 3. The molecule has 0 saturated heterocycles. The lowest BCUT2D eigenvalue weighted by Crippen LogP contribution is -2.38. The summed E-state index contributed by atoms with van der Waals surface area (Å²) in [7, 11) is 0. The Morgan fingerprint density at radius 2 is 1.90 bits per heavy atom. The van der Waals surface area contributed by atoms with Crippen LogP contribution < -0.4 is 11.1 Å². The summed E-state index contributed by atoms with van der Waals surface area (Å²) < 4.78 is 0. The SMILES string of the molecule is NC(=O)c1ccsc1NC(=O)[C@@H]1[C@H]2CC[C@@H](C2)[C@@H]1C(=O)O. The Morgan fingerprint density at radius 1 is 1.24 bits per heavy atom. The van der Waals surface area contributed by atoms with Crippen LogP contribution in [0.1, 0.15) is 29.6 Å². The molecule has 0 radical (unpaired) electrons. The highest BCUT2D eigenvalue weighted by atomic mass is 32.1. The number of hydrogen-bond acceptors (Lipinski definition) is 4. The van der Waals surface area contributed by atoms with E-state index in [2.05, 4.69) is 5.32 Å². The van der Waals surface area contributed by atoms with Crippen molar-refractivity contribution in [1.82, 2.24) is 0 Å². The fourth-order valence-electron chi connectivity index (χ4n) is 3.82. The van der Waals surface area contributed by atoms with E-state index in [0.717, 1.165) is 19.3 Å². The maximum Gasteiger partial charge on any atom is 0.307 e. The number of nitrogens with two attached hydrogens (primary N) is 1. The summed E-state index contributed by atoms with van der Waals surface area (Å²) in [6.07, 6.45) is 2.60. The third-order valence-electron chi connectivity index (χ3n) is 4.67. The van der Waals surface area contributed by atoms with Crippen LogP contribution in [0.4, 0.5) is 5.00 Å². The van der Waals surface area contributed by atoms with E-state index in [1.54, 1.807) is 11.4 Å². The molecule has 7 heteroatoms. The normalized spacial score (nSPS) is 30.3. The molecular formula is C14H16N2O4S. The minimum atomic E-state index is -0.899. The van der Waals surface area contributed by atoms with E-state index in [-0.39, 0.29) is 23.3 Å². The predicted molar refractivity (Wildman–Crippen MR) is 76.9 cm³/mol. The Hall–Kier alpha value is -1.89. The van der Waals surface area contributed by atoms with Crippen molar-refractivity contribution in [2.24, 2.45) is 29.4 Å². The van der Waals surface area contributed by atoms with E-state index in [1.807, 2.05) is 0 Å². The van der Waals surface area contributed by atoms with Crippen molar-refractivity contribution in [3.8, 4) is 0 Å². The van der Waals surface area contributed by atoms with Crippen LogP contribution >= 0.6 is 11.3 Å². The van der Waals surface area contributed by atoms with Crippen LogP contribution in [0.2, 0.25) is 0 Å². The lowest BCUT2D eigenvalue weighted by Gasteiger charge is -2.26. The number of nitrogens with one attached hydrogen (secondary N) is 1. The van der Waals surface area contributed by atoms with Gasteiger partial charge in [0.05, 0.1) is 17.4 Å². The number of carbonyl (C=O) groups excluding carboxylic acids is 2. The summed E-state index contributed by atoms with van der Waals surface area (Å²) >= 11 is 1.21. The van der Waals surface area contributed by atoms with E-state index in [4.69, 9.17) is 5.73 Å². The third-order valence-corrected chi connectivity index (χ3v) is 5.50. The zero-order valence-corrected chi connectivity index (χ0v) is 12.1. The number of thiophene rings is 1. The summed E-state index contributed by atoms with van der Waals surface area (Å²) in [4.78, 5) is 35.2. The van der Waals surface area contributed by atoms with Gasteiger partial charge in [0.15, 0.2) is 0 Å². The van der Waals surface area contributed by atoms with Gasteiger partial charge in [-0.15, -0.1) is 11.3 Å². The molecule has 2 fully saturated rings. The van der Waals surface area contributed by atoms with Crippen molar-refractivity contribution < 1.29 is 19.5 Å². The molecule has 0 spiro atoms. The molecule has 112 valence electrons. The fourth-order valence-corrected chi connectivity index (χ4v) is 4.61. The molecule has 1 heterocycles. The van der Waals surface area contributed by atoms with E-state index in [0.29, 0.717) is 5.00 Å². The van der Waals surface area contributed by atoms with Crippen molar-refractivity contribution in [1.29, 1.82) is 0 Å². The minimum Gasteiger partial charge on any atom is -0.481 e. The van der Waals surface area contributed by atoms with E-state index in [1.165, 1.54) is 11.3 Å². The smallest absolute Gasteiger partial charge is 0.307 e. The molecular weight excluding hydrogens is 292 g/mol. The van der Waals surface area contributed by atoms with Crippen molar-refractivity contribution >= 4 is 34.1 Å². The standard InChI is InChI=1S/C14H16N2O4S/c15-11(17)8-3-4-21-13(8)16-12(18)9-6-1-2-7(5-6)10(9)14(19)20/h3-4,6-7,9-10H,1-2,5H2,(H2,15,17)(H,16,18)(H,19,20)/t6-,7-,9+,10-/m0/s1. The van der Waals surface area contributed by atoms with Gasteiger partial charge in [-0.05, 0) is 42.5 Å². The maximum absolute atomic E-state index is 12.5. The Kier molecular flexibility index (Phi) is 3.44. The number of anilines is 1. The second-order valence-corrected chi connectivity index (χ2v) is 6.66. The molecule has 2 amide bonds. The number of carboxylic acids is 1. The number of rotatable bonds is 4. The van der Waals surface area contributed by atoms with Gasteiger partial charge in [0.1, 0.15) is 5.00 Å². The summed E-state index contributed by atoms with van der Waals surface area (Å²) in [5.74, 6) is -2.70. The van der Waals surface area contributed by atoms with Crippen molar-refractivity contribution in [3.63, 3.8) is 0 Å². The molecule has 0 aliphatic heterocycles. The number of fused-ring (bicyclic) bond motifs is 2. The second kappa shape index (κ2) is 5.14. The number of carboxylic acid groups (broad SMARTS) is 1. The van der Waals surface area contributed by atoms with Crippen LogP contribution in [0.3, 0.4) is 0 Å². The van der Waals surface area contributed by atoms with Gasteiger partial charge in [0, 0.05) is 0 Å². The van der Waals surface area contributed by atoms with E-state index in [9.17, 15) is 19.5 Å². The Labute approximate surface area is 125 Å². The van der Waals surface area contributed by atoms with Crippen LogP contribution in [0.5, 0.6) is 0 Å². The number of carbonyl (C=O) groups is 3. The van der Waals surface area contributed by atoms with Crippen LogP contribution in [0, 0.1) is 23.7 Å². The summed E-state index contributed by atoms with van der Waals surface area (Å²) in [5.41, 5.74) is 5.51. The molecule has 2 bridgehead atoms. The minimum absolute atomic E-state index is 0.0993. The average molecular weight is 308 g/mol. The van der Waals surface area contributed by atoms with Gasteiger partial charge in [-0.1, -0.05) is 0 Å². The fraction of sp³-hybridized carbons (Fsp3) is 0.500. The monoisotopic (exact) mass is 308 g/mol. The predicted octanol–water partition coefficient (Wildman–Crippen LogP) is 1.53. The van der Waals surface area contributed by atoms with E-state index < -0.39 is 23.7 Å². The van der Waals surface area contributed by atoms with Crippen LogP contribution in [0.15, 0.2) is 11.4 Å². The lowest BCUT2D eigenvalue weighted by atomic mass is 9.79. The van der Waals surface area contributed by atoms with Gasteiger partial charge >= 0.3 is 5.97 Å². The molecule has 2 saturated carbocycles. The summed E-state index contributed by atoms with van der Waals surface area (Å²) in [6.45, 7) is 0. The Bertz CT molecular complexity index is 612. The van der Waals surface area contributed by atoms with Gasteiger partial charge in [-0.25, -0.2) is 0 Å². The molecule has 4 atom stereocenters. The summed E-state index contributed by atoms with van der Waals surface area (Å²) in [5, 5.41) is 14.1.